The van der Waals surface area contributed by atoms with Gasteiger partial charge in [0.25, 0.3) is 0 Å². The lowest BCUT2D eigenvalue weighted by atomic mass is 9.81. The smallest absolute Gasteiger partial charge is 0.233 e. The number of likely N-dealkylation sites (tertiary alicyclic amines) is 1. The minimum absolute atomic E-state index is 0.0371. The van der Waals surface area contributed by atoms with Crippen molar-refractivity contribution in [1.29, 1.82) is 0 Å². The van der Waals surface area contributed by atoms with Crippen LogP contribution < -0.4 is 10.1 Å². The van der Waals surface area contributed by atoms with E-state index >= 15 is 0 Å². The first-order chi connectivity index (χ1) is 12.5. The zero-order valence-electron chi connectivity index (χ0n) is 14.9. The van der Waals surface area contributed by atoms with Crippen molar-refractivity contribution < 1.29 is 24.2 Å². The molecule has 1 aromatic carbocycles. The van der Waals surface area contributed by atoms with Crippen LogP contribution in [0.25, 0.3) is 0 Å². The molecule has 2 fully saturated rings. The molecular weight excluding hydrogens is 336 g/mol. The first kappa shape index (κ1) is 18.2. The second-order valence-electron chi connectivity index (χ2n) is 6.86. The lowest BCUT2D eigenvalue weighted by molar-refractivity contribution is -0.140. The van der Waals surface area contributed by atoms with Gasteiger partial charge in [-0.1, -0.05) is 18.9 Å². The van der Waals surface area contributed by atoms with Gasteiger partial charge in [-0.2, -0.15) is 0 Å². The van der Waals surface area contributed by atoms with E-state index in [9.17, 15) is 19.5 Å². The number of amides is 3. The second-order valence-corrected chi connectivity index (χ2v) is 6.86. The van der Waals surface area contributed by atoms with Crippen LogP contribution in [0.4, 0.5) is 0 Å². The molecule has 3 amide bonds. The van der Waals surface area contributed by atoms with Gasteiger partial charge < -0.3 is 15.2 Å². The number of phenols is 1. The predicted molar refractivity (Wildman–Crippen MR) is 93.3 cm³/mol. The maximum absolute atomic E-state index is 12.4. The number of methoxy groups -OCH3 is 1. The maximum Gasteiger partial charge on any atom is 0.233 e. The van der Waals surface area contributed by atoms with Crippen molar-refractivity contribution in [2.45, 2.75) is 38.6 Å². The molecule has 1 aromatic rings. The molecule has 7 heteroatoms. The second kappa shape index (κ2) is 7.76. The van der Waals surface area contributed by atoms with Gasteiger partial charge in [0.15, 0.2) is 11.5 Å². The third-order valence-electron chi connectivity index (χ3n) is 5.23. The Morgan fingerprint density at radius 3 is 2.50 bits per heavy atom. The summed E-state index contributed by atoms with van der Waals surface area (Å²) in [5.41, 5.74) is 0.785. The lowest BCUT2D eigenvalue weighted by Crippen LogP contribution is -2.35. The highest BCUT2D eigenvalue weighted by Crippen LogP contribution is 2.37. The lowest BCUT2D eigenvalue weighted by Gasteiger charge is -2.19. The number of nitrogens with zero attached hydrogens (tertiary/aromatic N) is 1. The fourth-order valence-corrected chi connectivity index (χ4v) is 3.79. The molecule has 0 radical (unpaired) electrons. The number of rotatable bonds is 6. The van der Waals surface area contributed by atoms with E-state index in [2.05, 4.69) is 5.32 Å². The van der Waals surface area contributed by atoms with E-state index in [0.29, 0.717) is 5.75 Å². The van der Waals surface area contributed by atoms with Gasteiger partial charge in [0.05, 0.1) is 18.9 Å². The molecular formula is C19H24N2O5. The monoisotopic (exact) mass is 360 g/mol. The Morgan fingerprint density at radius 1 is 1.23 bits per heavy atom. The topological polar surface area (TPSA) is 95.9 Å². The molecule has 2 atom stereocenters. The van der Waals surface area contributed by atoms with Gasteiger partial charge in [0.2, 0.25) is 17.7 Å². The standard InChI is InChI=1S/C19H24N2O5/c1-26-16-10-12(6-7-15(16)22)11-20-17(23)8-9-21-18(24)13-4-2-3-5-14(13)19(21)25/h6-7,10,13-14,22H,2-5,8-9,11H2,1H3,(H,20,23). The van der Waals surface area contributed by atoms with Gasteiger partial charge in [-0.15, -0.1) is 0 Å². The molecule has 1 aliphatic heterocycles. The number of phenolic OH excluding ortho intramolecular Hbond substituents is 1. The molecule has 26 heavy (non-hydrogen) atoms. The highest BCUT2D eigenvalue weighted by molar-refractivity contribution is 6.05. The predicted octanol–water partition coefficient (Wildman–Crippen LogP) is 1.58. The summed E-state index contributed by atoms with van der Waals surface area (Å²) in [4.78, 5) is 38.1. The van der Waals surface area contributed by atoms with Crippen LogP contribution in [-0.4, -0.2) is 41.4 Å². The molecule has 0 spiro atoms. The molecule has 0 aromatic heterocycles. The third-order valence-corrected chi connectivity index (χ3v) is 5.23. The number of benzene rings is 1. The van der Waals surface area contributed by atoms with Gasteiger partial charge in [0, 0.05) is 19.5 Å². The summed E-state index contributed by atoms with van der Waals surface area (Å²) >= 11 is 0. The highest BCUT2D eigenvalue weighted by atomic mass is 16.5. The Bertz CT molecular complexity index is 694. The fourth-order valence-electron chi connectivity index (χ4n) is 3.79. The minimum Gasteiger partial charge on any atom is -0.504 e. The number of fused-ring (bicyclic) bond motifs is 1. The van der Waals surface area contributed by atoms with Crippen LogP contribution in [0.3, 0.4) is 0 Å². The molecule has 7 nitrogen and oxygen atoms in total. The molecule has 1 aliphatic carbocycles. The van der Waals surface area contributed by atoms with Gasteiger partial charge in [-0.3, -0.25) is 19.3 Å². The summed E-state index contributed by atoms with van der Waals surface area (Å²) in [6.07, 6.45) is 3.63. The van der Waals surface area contributed by atoms with Crippen molar-refractivity contribution >= 4 is 17.7 Å². The van der Waals surface area contributed by atoms with E-state index in [1.165, 1.54) is 18.1 Å². The Balaban J connectivity index is 1.50. The van der Waals surface area contributed by atoms with Crippen LogP contribution in [-0.2, 0) is 20.9 Å². The molecule has 0 bridgehead atoms. The fraction of sp³-hybridized carbons (Fsp3) is 0.526. The van der Waals surface area contributed by atoms with Crippen molar-refractivity contribution in [3.63, 3.8) is 0 Å². The van der Waals surface area contributed by atoms with Crippen LogP contribution in [0.15, 0.2) is 18.2 Å². The number of carbonyl (C=O) groups excluding carboxylic acids is 3. The van der Waals surface area contributed by atoms with Crippen LogP contribution >= 0.6 is 0 Å². The Kier molecular flexibility index (Phi) is 5.44. The van der Waals surface area contributed by atoms with Crippen LogP contribution in [0.5, 0.6) is 11.5 Å². The molecule has 1 heterocycles. The molecule has 3 rings (SSSR count). The third kappa shape index (κ3) is 3.66. The van der Waals surface area contributed by atoms with E-state index in [-0.39, 0.29) is 54.8 Å². The summed E-state index contributed by atoms with van der Waals surface area (Å²) in [6, 6.07) is 4.84. The van der Waals surface area contributed by atoms with Crippen molar-refractivity contribution in [3.05, 3.63) is 23.8 Å². The number of aromatic hydroxyl groups is 1. The maximum atomic E-state index is 12.4. The highest BCUT2D eigenvalue weighted by Gasteiger charge is 2.47. The number of nitrogens with one attached hydrogen (secondary N) is 1. The van der Waals surface area contributed by atoms with Crippen LogP contribution in [0.2, 0.25) is 0 Å². The van der Waals surface area contributed by atoms with E-state index in [1.54, 1.807) is 12.1 Å². The summed E-state index contributed by atoms with van der Waals surface area (Å²) in [5.74, 6) is -0.436. The van der Waals surface area contributed by atoms with Crippen LogP contribution in [0.1, 0.15) is 37.7 Å². The molecule has 140 valence electrons. The van der Waals surface area contributed by atoms with Gasteiger partial charge >= 0.3 is 0 Å². The normalized spacial score (nSPS) is 22.3. The molecule has 2 aliphatic rings. The number of hydrogen-bond donors (Lipinski definition) is 2. The minimum atomic E-state index is -0.229. The van der Waals surface area contributed by atoms with Gasteiger partial charge in [-0.05, 0) is 30.5 Å². The summed E-state index contributed by atoms with van der Waals surface area (Å²) < 4.78 is 5.03. The van der Waals surface area contributed by atoms with Crippen LogP contribution in [0, 0.1) is 11.8 Å². The van der Waals surface area contributed by atoms with E-state index in [1.807, 2.05) is 0 Å². The number of carbonyl (C=O) groups is 3. The molecule has 1 saturated heterocycles. The van der Waals surface area contributed by atoms with E-state index < -0.39 is 0 Å². The van der Waals surface area contributed by atoms with Crippen molar-refractivity contribution in [2.75, 3.05) is 13.7 Å². The number of imide groups is 1. The number of ether oxygens (including phenoxy) is 1. The SMILES string of the molecule is COc1cc(CNC(=O)CCN2C(=O)C3CCCCC3C2=O)ccc1O. The first-order valence-corrected chi connectivity index (χ1v) is 8.99. The van der Waals surface area contributed by atoms with Crippen molar-refractivity contribution in [1.82, 2.24) is 10.2 Å². The summed E-state index contributed by atoms with van der Waals surface area (Å²) in [5, 5.41) is 12.3. The van der Waals surface area contributed by atoms with Crippen molar-refractivity contribution in [2.24, 2.45) is 11.8 Å². The number of hydrogen-bond acceptors (Lipinski definition) is 5. The van der Waals surface area contributed by atoms with Gasteiger partial charge in [-0.25, -0.2) is 0 Å². The molecule has 2 unspecified atom stereocenters. The zero-order chi connectivity index (χ0) is 18.7. The largest absolute Gasteiger partial charge is 0.504 e. The van der Waals surface area contributed by atoms with E-state index in [4.69, 9.17) is 4.74 Å². The van der Waals surface area contributed by atoms with Gasteiger partial charge in [0.1, 0.15) is 0 Å². The first-order valence-electron chi connectivity index (χ1n) is 8.99. The zero-order valence-corrected chi connectivity index (χ0v) is 14.9. The Labute approximate surface area is 152 Å². The Hall–Kier alpha value is -2.57. The average molecular weight is 360 g/mol. The Morgan fingerprint density at radius 2 is 1.88 bits per heavy atom. The molecule has 1 saturated carbocycles. The van der Waals surface area contributed by atoms with Crippen molar-refractivity contribution in [3.8, 4) is 11.5 Å². The average Bonchev–Trinajstić information content (AvgIpc) is 2.90. The molecule has 2 N–H and O–H groups in total. The summed E-state index contributed by atoms with van der Waals surface area (Å²) in [7, 11) is 1.46. The van der Waals surface area contributed by atoms with E-state index in [0.717, 1.165) is 31.2 Å². The quantitative estimate of drug-likeness (QED) is 0.751. The summed E-state index contributed by atoms with van der Waals surface area (Å²) in [6.45, 7) is 0.415.